The lowest BCUT2D eigenvalue weighted by Gasteiger charge is -2.25. The molecular weight excluding hydrogens is 284 g/mol. The summed E-state index contributed by atoms with van der Waals surface area (Å²) < 4.78 is 27.5. The lowest BCUT2D eigenvalue weighted by Crippen LogP contribution is -2.43. The molecule has 0 amide bonds. The first-order valence-electron chi connectivity index (χ1n) is 7.64. The number of likely N-dealkylation sites (N-methyl/N-ethyl adjacent to an activating group) is 1. The molecule has 4 nitrogen and oxygen atoms in total. The molecule has 0 aliphatic heterocycles. The highest BCUT2D eigenvalue weighted by atomic mass is 32.2. The van der Waals surface area contributed by atoms with Crippen LogP contribution in [0.5, 0.6) is 0 Å². The van der Waals surface area contributed by atoms with Crippen molar-refractivity contribution in [3.05, 3.63) is 29.8 Å². The van der Waals surface area contributed by atoms with Crippen LogP contribution in [-0.4, -0.2) is 27.0 Å². The molecule has 0 spiro atoms. The monoisotopic (exact) mass is 312 g/mol. The maximum atomic E-state index is 12.4. The molecule has 1 aromatic rings. The summed E-state index contributed by atoms with van der Waals surface area (Å²) in [7, 11) is -3.45. The van der Waals surface area contributed by atoms with Crippen LogP contribution in [0.4, 0.5) is 0 Å². The zero-order valence-electron chi connectivity index (χ0n) is 13.6. The second kappa shape index (κ2) is 7.92. The normalized spacial score (nSPS) is 12.6. The van der Waals surface area contributed by atoms with E-state index in [9.17, 15) is 8.42 Å². The van der Waals surface area contributed by atoms with Gasteiger partial charge in [-0.25, -0.2) is 13.1 Å². The van der Waals surface area contributed by atoms with Crippen molar-refractivity contribution in [1.82, 2.24) is 10.0 Å². The Kier molecular flexibility index (Phi) is 6.84. The minimum atomic E-state index is -3.45. The van der Waals surface area contributed by atoms with E-state index in [0.29, 0.717) is 4.90 Å². The summed E-state index contributed by atoms with van der Waals surface area (Å²) in [5.41, 5.74) is 0.722. The molecule has 0 aliphatic carbocycles. The zero-order valence-corrected chi connectivity index (χ0v) is 14.4. The van der Waals surface area contributed by atoms with E-state index in [-0.39, 0.29) is 0 Å². The van der Waals surface area contributed by atoms with Gasteiger partial charge in [0, 0.05) is 5.54 Å². The fraction of sp³-hybridized carbons (Fsp3) is 0.625. The molecule has 0 unspecified atom stereocenters. The Hall–Kier alpha value is -0.910. The molecule has 21 heavy (non-hydrogen) atoms. The van der Waals surface area contributed by atoms with E-state index in [0.717, 1.165) is 37.9 Å². The quantitative estimate of drug-likeness (QED) is 0.689. The van der Waals surface area contributed by atoms with Crippen molar-refractivity contribution in [2.75, 3.05) is 13.1 Å². The fourth-order valence-corrected chi connectivity index (χ4v) is 3.79. The van der Waals surface area contributed by atoms with E-state index in [2.05, 4.69) is 23.9 Å². The van der Waals surface area contributed by atoms with Crippen LogP contribution in [0.3, 0.4) is 0 Å². The molecule has 2 N–H and O–H groups in total. The highest BCUT2D eigenvalue weighted by Gasteiger charge is 2.25. The third-order valence-corrected chi connectivity index (χ3v) is 5.07. The molecule has 0 atom stereocenters. The molecule has 0 aliphatic rings. The van der Waals surface area contributed by atoms with Gasteiger partial charge < -0.3 is 5.32 Å². The predicted molar refractivity (Wildman–Crippen MR) is 88.0 cm³/mol. The van der Waals surface area contributed by atoms with Crippen LogP contribution >= 0.6 is 0 Å². The Labute approximate surface area is 129 Å². The van der Waals surface area contributed by atoms with Gasteiger partial charge in [0.25, 0.3) is 0 Å². The summed E-state index contributed by atoms with van der Waals surface area (Å²) in [5.74, 6) is 0. The Balaban J connectivity index is 2.75. The predicted octanol–water partition coefficient (Wildman–Crippen LogP) is 2.70. The molecular formula is C16H28N2O2S. The van der Waals surface area contributed by atoms with Gasteiger partial charge in [0.1, 0.15) is 0 Å². The van der Waals surface area contributed by atoms with Gasteiger partial charge in [-0.3, -0.25) is 0 Å². The van der Waals surface area contributed by atoms with Crippen LogP contribution < -0.4 is 10.0 Å². The molecule has 0 saturated carbocycles. The number of benzene rings is 1. The Morgan fingerprint density at radius 2 is 1.71 bits per heavy atom. The highest BCUT2D eigenvalue weighted by molar-refractivity contribution is 7.89. The lowest BCUT2D eigenvalue weighted by molar-refractivity contribution is 0.418. The summed E-state index contributed by atoms with van der Waals surface area (Å²) in [4.78, 5) is 0.332. The molecule has 5 heteroatoms. The smallest absolute Gasteiger partial charge is 0.241 e. The van der Waals surface area contributed by atoms with Gasteiger partial charge in [0.05, 0.1) is 4.90 Å². The van der Waals surface area contributed by atoms with Crippen LogP contribution in [0.2, 0.25) is 0 Å². The third-order valence-electron chi connectivity index (χ3n) is 3.36. The lowest BCUT2D eigenvalue weighted by atomic mass is 10.0. The first kappa shape index (κ1) is 18.1. The Morgan fingerprint density at radius 1 is 1.10 bits per heavy atom. The van der Waals surface area contributed by atoms with E-state index in [4.69, 9.17) is 0 Å². The van der Waals surface area contributed by atoms with Gasteiger partial charge in [-0.15, -0.1) is 0 Å². The second-order valence-electron chi connectivity index (χ2n) is 5.99. The Bertz CT molecular complexity index is 522. The van der Waals surface area contributed by atoms with Crippen molar-refractivity contribution >= 4 is 10.0 Å². The van der Waals surface area contributed by atoms with Crippen LogP contribution in [-0.2, 0) is 16.4 Å². The average Bonchev–Trinajstić information content (AvgIpc) is 2.38. The first-order valence-corrected chi connectivity index (χ1v) is 9.12. The highest BCUT2D eigenvalue weighted by Crippen LogP contribution is 2.17. The van der Waals surface area contributed by atoms with Gasteiger partial charge in [-0.1, -0.05) is 32.4 Å². The minimum Gasteiger partial charge on any atom is -0.317 e. The summed E-state index contributed by atoms with van der Waals surface area (Å²) >= 11 is 0. The topological polar surface area (TPSA) is 58.2 Å². The van der Waals surface area contributed by atoms with Crippen molar-refractivity contribution in [3.63, 3.8) is 0 Å². The number of sulfonamides is 1. The summed E-state index contributed by atoms with van der Waals surface area (Å²) in [6, 6.07) is 7.15. The summed E-state index contributed by atoms with van der Waals surface area (Å²) in [6.07, 6.45) is 2.66. The summed E-state index contributed by atoms with van der Waals surface area (Å²) in [5, 5.41) is 3.26. The molecule has 0 heterocycles. The van der Waals surface area contributed by atoms with Crippen molar-refractivity contribution in [2.24, 2.45) is 0 Å². The maximum Gasteiger partial charge on any atom is 0.241 e. The Morgan fingerprint density at radius 3 is 2.24 bits per heavy atom. The van der Waals surface area contributed by atoms with Crippen LogP contribution in [0, 0.1) is 0 Å². The van der Waals surface area contributed by atoms with Crippen molar-refractivity contribution in [3.8, 4) is 0 Å². The molecule has 0 radical (unpaired) electrons. The molecule has 1 rings (SSSR count). The molecule has 0 bridgehead atoms. The largest absolute Gasteiger partial charge is 0.317 e. The fourth-order valence-electron chi connectivity index (χ4n) is 2.34. The van der Waals surface area contributed by atoms with Gasteiger partial charge in [0.2, 0.25) is 10.0 Å². The van der Waals surface area contributed by atoms with Crippen LogP contribution in [0.1, 0.15) is 46.1 Å². The van der Waals surface area contributed by atoms with Crippen LogP contribution in [0.25, 0.3) is 0 Å². The van der Waals surface area contributed by atoms with Crippen molar-refractivity contribution in [2.45, 2.75) is 57.4 Å². The van der Waals surface area contributed by atoms with Crippen molar-refractivity contribution in [1.29, 1.82) is 0 Å². The molecule has 120 valence electrons. The third kappa shape index (κ3) is 6.16. The van der Waals surface area contributed by atoms with Gasteiger partial charge in [-0.05, 0) is 57.5 Å². The number of hydrogen-bond donors (Lipinski definition) is 2. The van der Waals surface area contributed by atoms with E-state index >= 15 is 0 Å². The minimum absolute atomic E-state index is 0.332. The molecule has 1 aromatic carbocycles. The maximum absolute atomic E-state index is 12.4. The standard InChI is InChI=1S/C16H28N2O2S/c1-5-12-16(3,4)18-21(19,20)15-9-7-14(8-10-15)11-13-17-6-2/h7-10,17-18H,5-6,11-13H2,1-4H3. The first-order chi connectivity index (χ1) is 9.80. The SMILES string of the molecule is CCCC(C)(C)NS(=O)(=O)c1ccc(CCNCC)cc1. The number of nitrogens with one attached hydrogen (secondary N) is 2. The van der Waals surface area contributed by atoms with Gasteiger partial charge >= 0.3 is 0 Å². The summed E-state index contributed by atoms with van der Waals surface area (Å²) in [6.45, 7) is 9.81. The van der Waals surface area contributed by atoms with Crippen LogP contribution in [0.15, 0.2) is 29.2 Å². The van der Waals surface area contributed by atoms with Crippen molar-refractivity contribution < 1.29 is 8.42 Å². The van der Waals surface area contributed by atoms with E-state index in [1.54, 1.807) is 12.1 Å². The van der Waals surface area contributed by atoms with E-state index in [1.807, 2.05) is 26.0 Å². The zero-order chi connectivity index (χ0) is 15.9. The number of rotatable bonds is 9. The molecule has 0 saturated heterocycles. The van der Waals surface area contributed by atoms with E-state index in [1.165, 1.54) is 0 Å². The molecule has 0 aromatic heterocycles. The molecule has 0 fully saturated rings. The second-order valence-corrected chi connectivity index (χ2v) is 7.67. The number of hydrogen-bond acceptors (Lipinski definition) is 3. The average molecular weight is 312 g/mol. The van der Waals surface area contributed by atoms with E-state index < -0.39 is 15.6 Å². The van der Waals surface area contributed by atoms with Gasteiger partial charge in [0.15, 0.2) is 0 Å². The van der Waals surface area contributed by atoms with Gasteiger partial charge in [-0.2, -0.15) is 0 Å².